The summed E-state index contributed by atoms with van der Waals surface area (Å²) in [7, 11) is 1.82. The lowest BCUT2D eigenvalue weighted by Crippen LogP contribution is -2.20. The van der Waals surface area contributed by atoms with Crippen LogP contribution in [0.2, 0.25) is 0 Å². The number of amides is 1. The first-order chi connectivity index (χ1) is 8.56. The van der Waals surface area contributed by atoms with Crippen molar-refractivity contribution in [2.45, 2.75) is 13.3 Å². The number of rotatable bonds is 1. The molecule has 2 aromatic rings. The Hall–Kier alpha value is -1.81. The predicted octanol–water partition coefficient (Wildman–Crippen LogP) is 2.82. The summed E-state index contributed by atoms with van der Waals surface area (Å²) < 4.78 is 0. The first-order valence-corrected chi connectivity index (χ1v) is 6.63. The van der Waals surface area contributed by atoms with Crippen LogP contribution in [0.25, 0.3) is 11.1 Å². The van der Waals surface area contributed by atoms with E-state index in [0.717, 1.165) is 21.8 Å². The first-order valence-electron chi connectivity index (χ1n) is 5.82. The summed E-state index contributed by atoms with van der Waals surface area (Å²) in [6.45, 7) is 2.07. The van der Waals surface area contributed by atoms with Gasteiger partial charge in [0.15, 0.2) is 0 Å². The molecule has 3 rings (SSSR count). The molecule has 1 aliphatic heterocycles. The molecule has 0 spiro atoms. The molecular formula is C14H14N2OS. The molecule has 1 aromatic heterocycles. The molecular weight excluding hydrogens is 244 g/mol. The summed E-state index contributed by atoms with van der Waals surface area (Å²) in [5.41, 5.74) is 10.3. The van der Waals surface area contributed by atoms with Gasteiger partial charge in [-0.3, -0.25) is 4.79 Å². The standard InChI is InChI=1S/C14H14N2OS/c1-8-11(7-13(15)18-8)9-3-4-12-10(5-9)6-14(17)16(12)2/h3-5,7H,6,15H2,1-2H3. The quantitative estimate of drug-likeness (QED) is 0.855. The number of thiophene rings is 1. The Morgan fingerprint density at radius 1 is 1.33 bits per heavy atom. The van der Waals surface area contributed by atoms with E-state index in [4.69, 9.17) is 5.73 Å². The van der Waals surface area contributed by atoms with Crippen LogP contribution in [0.3, 0.4) is 0 Å². The monoisotopic (exact) mass is 258 g/mol. The van der Waals surface area contributed by atoms with Crippen molar-refractivity contribution < 1.29 is 4.79 Å². The number of nitrogen functional groups attached to an aromatic ring is 1. The van der Waals surface area contributed by atoms with Crippen molar-refractivity contribution >= 4 is 27.9 Å². The second kappa shape index (κ2) is 3.85. The van der Waals surface area contributed by atoms with Gasteiger partial charge in [-0.1, -0.05) is 6.07 Å². The van der Waals surface area contributed by atoms with Crippen LogP contribution in [0.5, 0.6) is 0 Å². The lowest BCUT2D eigenvalue weighted by Gasteiger charge is -2.10. The van der Waals surface area contributed by atoms with Crippen LogP contribution < -0.4 is 10.6 Å². The third-order valence-corrected chi connectivity index (χ3v) is 4.28. The number of nitrogens with zero attached hydrogens (tertiary/aromatic N) is 1. The number of benzene rings is 1. The Morgan fingerprint density at radius 2 is 2.11 bits per heavy atom. The van der Waals surface area contributed by atoms with E-state index in [-0.39, 0.29) is 5.91 Å². The molecule has 0 aliphatic carbocycles. The van der Waals surface area contributed by atoms with Gasteiger partial charge >= 0.3 is 0 Å². The lowest BCUT2D eigenvalue weighted by atomic mass is 10.0. The maximum atomic E-state index is 11.7. The van der Waals surface area contributed by atoms with Crippen molar-refractivity contribution in [2.24, 2.45) is 0 Å². The molecule has 2 heterocycles. The summed E-state index contributed by atoms with van der Waals surface area (Å²) in [6.07, 6.45) is 0.498. The van der Waals surface area contributed by atoms with Crippen LogP contribution in [-0.2, 0) is 11.2 Å². The van der Waals surface area contributed by atoms with Crippen LogP contribution >= 0.6 is 11.3 Å². The van der Waals surface area contributed by atoms with E-state index in [0.29, 0.717) is 6.42 Å². The van der Waals surface area contributed by atoms with E-state index in [2.05, 4.69) is 19.1 Å². The van der Waals surface area contributed by atoms with Gasteiger partial charge in [-0.25, -0.2) is 0 Å². The number of carbonyl (C=O) groups excluding carboxylic acids is 1. The molecule has 18 heavy (non-hydrogen) atoms. The van der Waals surface area contributed by atoms with Gasteiger partial charge in [0.2, 0.25) is 5.91 Å². The Bertz CT molecular complexity index is 645. The minimum Gasteiger partial charge on any atom is -0.391 e. The number of fused-ring (bicyclic) bond motifs is 1. The minimum absolute atomic E-state index is 0.156. The van der Waals surface area contributed by atoms with E-state index >= 15 is 0 Å². The van der Waals surface area contributed by atoms with Crippen molar-refractivity contribution in [3.05, 3.63) is 34.7 Å². The van der Waals surface area contributed by atoms with Crippen molar-refractivity contribution in [2.75, 3.05) is 17.7 Å². The van der Waals surface area contributed by atoms with E-state index < -0.39 is 0 Å². The highest BCUT2D eigenvalue weighted by molar-refractivity contribution is 7.16. The van der Waals surface area contributed by atoms with Crippen LogP contribution in [-0.4, -0.2) is 13.0 Å². The molecule has 0 saturated heterocycles. The van der Waals surface area contributed by atoms with Crippen LogP contribution in [0, 0.1) is 6.92 Å². The van der Waals surface area contributed by atoms with E-state index in [1.807, 2.05) is 19.2 Å². The maximum Gasteiger partial charge on any atom is 0.231 e. The highest BCUT2D eigenvalue weighted by Crippen LogP contribution is 2.36. The largest absolute Gasteiger partial charge is 0.391 e. The number of carbonyl (C=O) groups is 1. The highest BCUT2D eigenvalue weighted by Gasteiger charge is 2.24. The average molecular weight is 258 g/mol. The molecule has 0 fully saturated rings. The fourth-order valence-corrected chi connectivity index (χ4v) is 3.25. The van der Waals surface area contributed by atoms with Gasteiger partial charge in [-0.15, -0.1) is 11.3 Å². The van der Waals surface area contributed by atoms with Crippen LogP contribution in [0.15, 0.2) is 24.3 Å². The molecule has 0 bridgehead atoms. The van der Waals surface area contributed by atoms with E-state index in [1.165, 1.54) is 10.4 Å². The number of nitrogens with two attached hydrogens (primary N) is 1. The predicted molar refractivity (Wildman–Crippen MR) is 76.0 cm³/mol. The lowest BCUT2D eigenvalue weighted by molar-refractivity contribution is -0.117. The van der Waals surface area contributed by atoms with Gasteiger partial charge < -0.3 is 10.6 Å². The topological polar surface area (TPSA) is 46.3 Å². The zero-order valence-corrected chi connectivity index (χ0v) is 11.2. The Morgan fingerprint density at radius 3 is 2.78 bits per heavy atom. The third-order valence-electron chi connectivity index (χ3n) is 3.40. The summed E-state index contributed by atoms with van der Waals surface area (Å²) >= 11 is 1.60. The van der Waals surface area contributed by atoms with Gasteiger partial charge in [-0.05, 0) is 41.8 Å². The third kappa shape index (κ3) is 1.61. The second-order valence-electron chi connectivity index (χ2n) is 4.59. The van der Waals surface area contributed by atoms with Crippen molar-refractivity contribution in [1.29, 1.82) is 0 Å². The molecule has 4 heteroatoms. The fourth-order valence-electron chi connectivity index (χ4n) is 2.43. The highest BCUT2D eigenvalue weighted by atomic mass is 32.1. The molecule has 0 unspecified atom stereocenters. The Labute approximate surface area is 110 Å². The molecule has 0 saturated carbocycles. The summed E-state index contributed by atoms with van der Waals surface area (Å²) in [4.78, 5) is 14.6. The molecule has 2 N–H and O–H groups in total. The maximum absolute atomic E-state index is 11.7. The normalized spacial score (nSPS) is 14.1. The Balaban J connectivity index is 2.09. The molecule has 0 radical (unpaired) electrons. The zero-order valence-electron chi connectivity index (χ0n) is 10.4. The van der Waals surface area contributed by atoms with Gasteiger partial charge in [0.25, 0.3) is 0 Å². The number of likely N-dealkylation sites (N-methyl/N-ethyl adjacent to an activating group) is 1. The van der Waals surface area contributed by atoms with Gasteiger partial charge in [0, 0.05) is 17.6 Å². The van der Waals surface area contributed by atoms with Gasteiger partial charge in [0.1, 0.15) is 0 Å². The number of aryl methyl sites for hydroxylation is 1. The van der Waals surface area contributed by atoms with Gasteiger partial charge in [-0.2, -0.15) is 0 Å². The average Bonchev–Trinajstić information content (AvgIpc) is 2.80. The minimum atomic E-state index is 0.156. The molecule has 0 atom stereocenters. The summed E-state index contributed by atoms with van der Waals surface area (Å²) in [6, 6.07) is 8.18. The van der Waals surface area contributed by atoms with Crippen LogP contribution in [0.1, 0.15) is 10.4 Å². The molecule has 92 valence electrons. The van der Waals surface area contributed by atoms with Crippen molar-refractivity contribution in [3.8, 4) is 11.1 Å². The summed E-state index contributed by atoms with van der Waals surface area (Å²) in [5, 5.41) is 0.830. The molecule has 1 aliphatic rings. The SMILES string of the molecule is Cc1sc(N)cc1-c1ccc2c(c1)CC(=O)N2C. The number of anilines is 2. The smallest absolute Gasteiger partial charge is 0.231 e. The molecule has 1 amide bonds. The second-order valence-corrected chi connectivity index (χ2v) is 5.88. The first kappa shape index (κ1) is 11.3. The zero-order chi connectivity index (χ0) is 12.9. The van der Waals surface area contributed by atoms with Crippen molar-refractivity contribution in [1.82, 2.24) is 0 Å². The van der Waals surface area contributed by atoms with Crippen molar-refractivity contribution in [3.63, 3.8) is 0 Å². The van der Waals surface area contributed by atoms with Gasteiger partial charge in [0.05, 0.1) is 11.4 Å². The Kier molecular flexibility index (Phi) is 2.41. The molecule has 3 nitrogen and oxygen atoms in total. The fraction of sp³-hybridized carbons (Fsp3) is 0.214. The van der Waals surface area contributed by atoms with E-state index in [1.54, 1.807) is 16.2 Å². The number of hydrogen-bond acceptors (Lipinski definition) is 3. The van der Waals surface area contributed by atoms with Crippen LogP contribution in [0.4, 0.5) is 10.7 Å². The van der Waals surface area contributed by atoms with E-state index in [9.17, 15) is 4.79 Å². The summed E-state index contributed by atoms with van der Waals surface area (Å²) in [5.74, 6) is 0.156. The molecule has 1 aromatic carbocycles. The number of hydrogen-bond donors (Lipinski definition) is 1.